The van der Waals surface area contributed by atoms with Gasteiger partial charge in [0, 0.05) is 23.6 Å². The Labute approximate surface area is 157 Å². The summed E-state index contributed by atoms with van der Waals surface area (Å²) in [4.78, 5) is 16.2. The molecular weight excluding hydrogens is 348 g/mol. The van der Waals surface area contributed by atoms with Crippen LogP contribution in [0, 0.1) is 11.8 Å². The van der Waals surface area contributed by atoms with E-state index in [2.05, 4.69) is 16.8 Å². The first-order valence-electron chi connectivity index (χ1n) is 8.43. The van der Waals surface area contributed by atoms with Crippen molar-refractivity contribution >= 4 is 28.6 Å². The number of carbonyl (C=O) groups is 1. The molecule has 0 aliphatic heterocycles. The number of carbonyl (C=O) groups excluding carboxylic acids is 1. The Bertz CT molecular complexity index is 965. The average Bonchev–Trinajstić information content (AvgIpc) is 3.11. The molecule has 132 valence electrons. The van der Waals surface area contributed by atoms with Gasteiger partial charge in [0.25, 0.3) is 0 Å². The Morgan fingerprint density at radius 3 is 2.73 bits per heavy atom. The third kappa shape index (κ3) is 4.07. The average molecular weight is 367 g/mol. The summed E-state index contributed by atoms with van der Waals surface area (Å²) in [6.45, 7) is 0. The zero-order chi connectivity index (χ0) is 18.4. The van der Waals surface area contributed by atoms with Gasteiger partial charge in [-0.1, -0.05) is 11.8 Å². The number of benzene rings is 2. The van der Waals surface area contributed by atoms with Gasteiger partial charge < -0.3 is 4.74 Å². The summed E-state index contributed by atoms with van der Waals surface area (Å²) in [5.74, 6) is 6.66. The van der Waals surface area contributed by atoms with Crippen LogP contribution in [0.15, 0.2) is 48.8 Å². The number of imidazole rings is 1. The van der Waals surface area contributed by atoms with Crippen molar-refractivity contribution in [1.29, 1.82) is 0 Å². The molecule has 0 saturated heterocycles. The molecule has 0 bridgehead atoms. The van der Waals surface area contributed by atoms with Gasteiger partial charge in [0.05, 0.1) is 23.7 Å². The van der Waals surface area contributed by atoms with Gasteiger partial charge in [-0.2, -0.15) is 0 Å². The summed E-state index contributed by atoms with van der Waals surface area (Å²) < 4.78 is 6.74. The molecule has 4 nitrogen and oxygen atoms in total. The number of unbranched alkanes of at least 4 members (excludes halogenated alkanes) is 2. The molecule has 3 aromatic rings. The third-order valence-corrected chi connectivity index (χ3v) is 4.30. The van der Waals surface area contributed by atoms with E-state index in [9.17, 15) is 4.79 Å². The van der Waals surface area contributed by atoms with Crippen LogP contribution in [0.1, 0.15) is 35.2 Å². The van der Waals surface area contributed by atoms with Crippen LogP contribution in [-0.2, 0) is 4.74 Å². The first kappa shape index (κ1) is 18.0. The molecule has 0 aliphatic rings. The molecule has 0 amide bonds. The minimum absolute atomic E-state index is 0.362. The highest BCUT2D eigenvalue weighted by molar-refractivity contribution is 6.17. The van der Waals surface area contributed by atoms with Gasteiger partial charge in [-0.25, -0.2) is 9.78 Å². The highest BCUT2D eigenvalue weighted by Gasteiger charge is 2.10. The van der Waals surface area contributed by atoms with Crippen LogP contribution in [0.4, 0.5) is 0 Å². The Kier molecular flexibility index (Phi) is 5.93. The molecule has 0 spiro atoms. The Morgan fingerprint density at radius 2 is 2.00 bits per heavy atom. The van der Waals surface area contributed by atoms with E-state index < -0.39 is 0 Å². The molecule has 0 aliphatic carbocycles. The number of fused-ring (bicyclic) bond motifs is 1. The van der Waals surface area contributed by atoms with Crippen molar-refractivity contribution in [3.63, 3.8) is 0 Å². The number of aromatic nitrogens is 2. The third-order valence-electron chi connectivity index (χ3n) is 4.03. The van der Waals surface area contributed by atoms with Crippen molar-refractivity contribution in [2.45, 2.75) is 19.3 Å². The SMILES string of the molecule is COC(=O)c1ccc2ncn(-c3ccc(C#CCCCCCl)cc3)c2c1. The molecule has 0 atom stereocenters. The predicted octanol–water partition coefficient (Wildman–Crippen LogP) is 4.57. The lowest BCUT2D eigenvalue weighted by Gasteiger charge is -2.05. The van der Waals surface area contributed by atoms with Crippen molar-refractivity contribution in [3.05, 3.63) is 59.9 Å². The topological polar surface area (TPSA) is 44.1 Å². The first-order valence-corrected chi connectivity index (χ1v) is 8.97. The number of halogens is 1. The zero-order valence-electron chi connectivity index (χ0n) is 14.5. The van der Waals surface area contributed by atoms with Crippen molar-refractivity contribution in [1.82, 2.24) is 9.55 Å². The number of methoxy groups -OCH3 is 1. The lowest BCUT2D eigenvalue weighted by atomic mass is 10.1. The molecule has 3 rings (SSSR count). The fourth-order valence-corrected chi connectivity index (χ4v) is 2.83. The number of hydrogen-bond donors (Lipinski definition) is 0. The maximum absolute atomic E-state index is 11.8. The summed E-state index contributed by atoms with van der Waals surface area (Å²) in [5.41, 5.74) is 4.11. The molecule has 5 heteroatoms. The molecule has 2 aromatic carbocycles. The molecule has 1 heterocycles. The van der Waals surface area contributed by atoms with E-state index in [4.69, 9.17) is 16.3 Å². The summed E-state index contributed by atoms with van der Waals surface area (Å²) in [7, 11) is 1.37. The largest absolute Gasteiger partial charge is 0.465 e. The van der Waals surface area contributed by atoms with Gasteiger partial charge in [0.15, 0.2) is 0 Å². The molecule has 1 aromatic heterocycles. The maximum atomic E-state index is 11.8. The summed E-state index contributed by atoms with van der Waals surface area (Å²) in [6, 6.07) is 13.3. The van der Waals surface area contributed by atoms with E-state index in [1.54, 1.807) is 18.5 Å². The van der Waals surface area contributed by atoms with Gasteiger partial charge in [-0.3, -0.25) is 4.57 Å². The molecular formula is C21H19ClN2O2. The van der Waals surface area contributed by atoms with Crippen molar-refractivity contribution in [3.8, 4) is 17.5 Å². The molecule has 0 N–H and O–H groups in total. The lowest BCUT2D eigenvalue weighted by molar-refractivity contribution is 0.0601. The number of alkyl halides is 1. The Balaban J connectivity index is 1.83. The smallest absolute Gasteiger partial charge is 0.337 e. The Hall–Kier alpha value is -2.77. The minimum atomic E-state index is -0.362. The second-order valence-corrected chi connectivity index (χ2v) is 6.18. The number of hydrogen-bond acceptors (Lipinski definition) is 3. The fourth-order valence-electron chi connectivity index (χ4n) is 2.64. The second-order valence-electron chi connectivity index (χ2n) is 5.80. The van der Waals surface area contributed by atoms with E-state index in [1.807, 2.05) is 34.9 Å². The van der Waals surface area contributed by atoms with Crippen LogP contribution >= 0.6 is 11.6 Å². The van der Waals surface area contributed by atoms with Crippen LogP contribution in [-0.4, -0.2) is 28.5 Å². The number of esters is 1. The van der Waals surface area contributed by atoms with E-state index in [0.717, 1.165) is 41.5 Å². The van der Waals surface area contributed by atoms with Crippen molar-refractivity contribution in [2.75, 3.05) is 13.0 Å². The molecule has 0 radical (unpaired) electrons. The van der Waals surface area contributed by atoms with Gasteiger partial charge in [-0.05, 0) is 55.3 Å². The quantitative estimate of drug-likeness (QED) is 0.287. The predicted molar refractivity (Wildman–Crippen MR) is 104 cm³/mol. The van der Waals surface area contributed by atoms with Gasteiger partial charge >= 0.3 is 5.97 Å². The van der Waals surface area contributed by atoms with E-state index in [0.29, 0.717) is 11.4 Å². The minimum Gasteiger partial charge on any atom is -0.465 e. The van der Waals surface area contributed by atoms with E-state index in [1.165, 1.54) is 7.11 Å². The number of ether oxygens (including phenoxy) is 1. The summed E-state index contributed by atoms with van der Waals surface area (Å²) in [6.07, 6.45) is 4.63. The van der Waals surface area contributed by atoms with Crippen LogP contribution in [0.5, 0.6) is 0 Å². The maximum Gasteiger partial charge on any atom is 0.337 e. The van der Waals surface area contributed by atoms with Crippen LogP contribution in [0.25, 0.3) is 16.7 Å². The van der Waals surface area contributed by atoms with Crippen molar-refractivity contribution in [2.24, 2.45) is 0 Å². The lowest BCUT2D eigenvalue weighted by Crippen LogP contribution is -2.01. The number of nitrogens with zero attached hydrogens (tertiary/aromatic N) is 2. The summed E-state index contributed by atoms with van der Waals surface area (Å²) >= 11 is 5.66. The van der Waals surface area contributed by atoms with Crippen LogP contribution in [0.3, 0.4) is 0 Å². The van der Waals surface area contributed by atoms with Gasteiger partial charge in [0.1, 0.15) is 6.33 Å². The standard InChI is InChI=1S/C21H19ClN2O2/c1-26-21(25)17-9-12-19-20(14-17)24(15-23-19)18-10-7-16(8-11-18)6-4-2-3-5-13-22/h7-12,14-15H,2-3,5,13H2,1H3. The normalized spacial score (nSPS) is 10.4. The molecule has 0 saturated carbocycles. The monoisotopic (exact) mass is 366 g/mol. The van der Waals surface area contributed by atoms with Gasteiger partial charge in [-0.15, -0.1) is 11.6 Å². The molecule has 0 fully saturated rings. The highest BCUT2D eigenvalue weighted by atomic mass is 35.5. The first-order chi connectivity index (χ1) is 12.7. The molecule has 26 heavy (non-hydrogen) atoms. The van der Waals surface area contributed by atoms with E-state index >= 15 is 0 Å². The fraction of sp³-hybridized carbons (Fsp3) is 0.238. The highest BCUT2D eigenvalue weighted by Crippen LogP contribution is 2.20. The molecule has 0 unspecified atom stereocenters. The Morgan fingerprint density at radius 1 is 1.19 bits per heavy atom. The second kappa shape index (κ2) is 8.55. The number of rotatable bonds is 5. The zero-order valence-corrected chi connectivity index (χ0v) is 15.3. The van der Waals surface area contributed by atoms with E-state index in [-0.39, 0.29) is 5.97 Å². The van der Waals surface area contributed by atoms with Crippen LogP contribution in [0.2, 0.25) is 0 Å². The summed E-state index contributed by atoms with van der Waals surface area (Å²) in [5, 5.41) is 0. The van der Waals surface area contributed by atoms with Crippen LogP contribution < -0.4 is 0 Å². The van der Waals surface area contributed by atoms with Crippen molar-refractivity contribution < 1.29 is 9.53 Å². The van der Waals surface area contributed by atoms with Gasteiger partial charge in [0.2, 0.25) is 0 Å².